The first-order chi connectivity index (χ1) is 19.9. The molecule has 8 rings (SSSR count). The number of halogens is 2. The van der Waals surface area contributed by atoms with Crippen LogP contribution in [0.5, 0.6) is 11.8 Å². The average Bonchev–Trinajstić information content (AvgIpc) is 3.61. The van der Waals surface area contributed by atoms with E-state index in [1.807, 2.05) is 30.3 Å². The number of aromatic hydroxyl groups is 1. The summed E-state index contributed by atoms with van der Waals surface area (Å²) in [6.07, 6.45) is 3.95. The molecule has 0 radical (unpaired) electrons. The van der Waals surface area contributed by atoms with Crippen LogP contribution in [0.1, 0.15) is 32.1 Å². The van der Waals surface area contributed by atoms with E-state index in [2.05, 4.69) is 15.1 Å². The number of aromatic nitrogens is 3. The molecule has 4 atom stereocenters. The molecule has 8 nitrogen and oxygen atoms in total. The molecule has 4 saturated heterocycles. The Labute approximate surface area is 242 Å². The Kier molecular flexibility index (Phi) is 5.98. The van der Waals surface area contributed by atoms with E-state index >= 15 is 0 Å². The number of nitrogens with one attached hydrogen (secondary N) is 1. The van der Waals surface area contributed by atoms with Crippen molar-refractivity contribution in [1.82, 2.24) is 25.2 Å². The maximum absolute atomic E-state index is 14.4. The van der Waals surface area contributed by atoms with E-state index in [1.165, 1.54) is 0 Å². The van der Waals surface area contributed by atoms with Crippen LogP contribution in [0, 0.1) is 0 Å². The maximum Gasteiger partial charge on any atom is 0.320 e. The summed E-state index contributed by atoms with van der Waals surface area (Å²) < 4.78 is 20.7. The van der Waals surface area contributed by atoms with Gasteiger partial charge in [-0.2, -0.15) is 9.97 Å². The average molecular weight is 575 g/mol. The minimum absolute atomic E-state index is 0.142. The number of nitrogens with zero attached hydrogens (tertiary/aromatic N) is 5. The van der Waals surface area contributed by atoms with Crippen LogP contribution in [0.15, 0.2) is 42.5 Å². The van der Waals surface area contributed by atoms with Gasteiger partial charge in [-0.25, -0.2) is 9.37 Å². The van der Waals surface area contributed by atoms with E-state index in [4.69, 9.17) is 31.3 Å². The van der Waals surface area contributed by atoms with Crippen LogP contribution >= 0.6 is 11.6 Å². The summed E-state index contributed by atoms with van der Waals surface area (Å²) in [6, 6.07) is 14.1. The zero-order chi connectivity index (χ0) is 27.7. The molecule has 0 spiro atoms. The summed E-state index contributed by atoms with van der Waals surface area (Å²) >= 11 is 6.63. The maximum atomic E-state index is 14.4. The number of phenols is 1. The van der Waals surface area contributed by atoms with E-state index in [1.54, 1.807) is 12.1 Å². The van der Waals surface area contributed by atoms with Crippen molar-refractivity contribution in [2.45, 2.75) is 55.9 Å². The monoisotopic (exact) mass is 574 g/mol. The fourth-order valence-electron chi connectivity index (χ4n) is 7.62. The quantitative estimate of drug-likeness (QED) is 0.340. The lowest BCUT2D eigenvalue weighted by molar-refractivity contribution is 0.107. The van der Waals surface area contributed by atoms with Gasteiger partial charge in [-0.05, 0) is 67.9 Å². The summed E-state index contributed by atoms with van der Waals surface area (Å²) in [5.41, 5.74) is 1.61. The Morgan fingerprint density at radius 2 is 1.93 bits per heavy atom. The SMILES string of the molecule is Oc1cc(-c2ccc3c(N4CC5CCC(C4)N5)nc(OC[C@@]45CCCN4C[C@H](F)C5)nc3n2)c2c(Cl)cccc2c1. The van der Waals surface area contributed by atoms with E-state index in [-0.39, 0.29) is 17.3 Å². The Morgan fingerprint density at radius 3 is 2.78 bits per heavy atom. The number of phenolic OH excluding ortho intramolecular Hbond substituents is 1. The molecule has 0 aliphatic carbocycles. The second-order valence-corrected chi connectivity index (χ2v) is 12.5. The highest BCUT2D eigenvalue weighted by molar-refractivity contribution is 6.36. The van der Waals surface area contributed by atoms with Gasteiger partial charge in [0.1, 0.15) is 24.3 Å². The van der Waals surface area contributed by atoms with Gasteiger partial charge in [0.15, 0.2) is 5.65 Å². The molecule has 0 saturated carbocycles. The molecule has 4 aliphatic rings. The van der Waals surface area contributed by atoms with Crippen LogP contribution in [0.25, 0.3) is 33.1 Å². The summed E-state index contributed by atoms with van der Waals surface area (Å²) in [7, 11) is 0. The third kappa shape index (κ3) is 4.37. The Hall–Kier alpha value is -3.27. The topological polar surface area (TPSA) is 86.6 Å². The van der Waals surface area contributed by atoms with E-state index in [0.29, 0.717) is 48.0 Å². The van der Waals surface area contributed by atoms with E-state index in [0.717, 1.165) is 72.9 Å². The number of hydrogen-bond donors (Lipinski definition) is 2. The molecule has 2 aromatic heterocycles. The summed E-state index contributed by atoms with van der Waals surface area (Å²) in [5.74, 6) is 0.959. The van der Waals surface area contributed by atoms with Crippen molar-refractivity contribution in [3.05, 3.63) is 47.5 Å². The molecule has 0 amide bonds. The van der Waals surface area contributed by atoms with Gasteiger partial charge in [-0.15, -0.1) is 0 Å². The van der Waals surface area contributed by atoms with Gasteiger partial charge in [0, 0.05) is 54.1 Å². The fraction of sp³-hybridized carbons (Fsp3) is 0.452. The number of benzene rings is 2. The zero-order valence-electron chi connectivity index (χ0n) is 22.7. The molecule has 4 aromatic rings. The molecule has 4 fully saturated rings. The molecule has 4 aliphatic heterocycles. The van der Waals surface area contributed by atoms with Crippen molar-refractivity contribution in [3.63, 3.8) is 0 Å². The van der Waals surface area contributed by atoms with Crippen LogP contribution in [0.2, 0.25) is 5.02 Å². The standard InChI is InChI=1S/C31H32ClFN6O2/c32-25-4-1-3-18-11-22(40)12-24(27(18)25)26-8-7-23-28(35-26)36-30(37-29(23)38-15-20-5-6-21(16-38)34-20)41-17-31-9-2-10-39(31)14-19(33)13-31/h1,3-4,7-8,11-12,19-21,34,40H,2,5-6,9-10,13-17H2/t19-,20?,21?,31+/m1/s1. The molecule has 10 heteroatoms. The van der Waals surface area contributed by atoms with Crippen molar-refractivity contribution in [1.29, 1.82) is 0 Å². The number of ether oxygens (including phenoxy) is 1. The van der Waals surface area contributed by atoms with Crippen molar-refractivity contribution < 1.29 is 14.2 Å². The van der Waals surface area contributed by atoms with Crippen molar-refractivity contribution in [3.8, 4) is 23.0 Å². The minimum Gasteiger partial charge on any atom is -0.508 e. The predicted octanol–water partition coefficient (Wildman–Crippen LogP) is 5.10. The number of piperazine rings is 1. The van der Waals surface area contributed by atoms with Gasteiger partial charge in [-0.3, -0.25) is 4.90 Å². The van der Waals surface area contributed by atoms with Crippen molar-refractivity contribution >= 4 is 39.2 Å². The molecule has 212 valence electrons. The lowest BCUT2D eigenvalue weighted by Crippen LogP contribution is -2.51. The van der Waals surface area contributed by atoms with E-state index < -0.39 is 6.17 Å². The highest BCUT2D eigenvalue weighted by atomic mass is 35.5. The third-order valence-corrected chi connectivity index (χ3v) is 9.77. The van der Waals surface area contributed by atoms with Crippen LogP contribution in [-0.2, 0) is 0 Å². The molecular formula is C31H32ClFN6O2. The lowest BCUT2D eigenvalue weighted by atomic mass is 9.95. The summed E-state index contributed by atoms with van der Waals surface area (Å²) in [6.45, 7) is 3.46. The first-order valence-corrected chi connectivity index (χ1v) is 15.0. The molecule has 6 heterocycles. The Morgan fingerprint density at radius 1 is 1.07 bits per heavy atom. The second-order valence-electron chi connectivity index (χ2n) is 12.1. The summed E-state index contributed by atoms with van der Waals surface area (Å²) in [5, 5.41) is 17.3. The Balaban J connectivity index is 1.23. The number of pyridine rings is 1. The smallest absolute Gasteiger partial charge is 0.320 e. The zero-order valence-corrected chi connectivity index (χ0v) is 23.4. The fourth-order valence-corrected chi connectivity index (χ4v) is 7.90. The van der Waals surface area contributed by atoms with E-state index in [9.17, 15) is 9.50 Å². The molecule has 41 heavy (non-hydrogen) atoms. The minimum atomic E-state index is -0.823. The highest BCUT2D eigenvalue weighted by Crippen LogP contribution is 2.41. The Bertz CT molecular complexity index is 1660. The second kappa shape index (κ2) is 9.64. The van der Waals surface area contributed by atoms with Gasteiger partial charge < -0.3 is 20.1 Å². The number of anilines is 1. The van der Waals surface area contributed by atoms with Crippen molar-refractivity contribution in [2.24, 2.45) is 0 Å². The summed E-state index contributed by atoms with van der Waals surface area (Å²) in [4.78, 5) is 19.3. The predicted molar refractivity (Wildman–Crippen MR) is 158 cm³/mol. The van der Waals surface area contributed by atoms with Crippen LogP contribution in [0.3, 0.4) is 0 Å². The van der Waals surface area contributed by atoms with Crippen molar-refractivity contribution in [2.75, 3.05) is 37.7 Å². The van der Waals surface area contributed by atoms with Gasteiger partial charge in [0.05, 0.1) is 16.6 Å². The largest absolute Gasteiger partial charge is 0.508 e. The number of alkyl halides is 1. The molecule has 2 bridgehead atoms. The van der Waals surface area contributed by atoms with Gasteiger partial charge in [0.2, 0.25) is 0 Å². The van der Waals surface area contributed by atoms with Crippen LogP contribution < -0.4 is 15.0 Å². The molecule has 2 unspecified atom stereocenters. The molecule has 2 aromatic carbocycles. The van der Waals surface area contributed by atoms with Gasteiger partial charge in [-0.1, -0.05) is 23.7 Å². The number of rotatable bonds is 5. The lowest BCUT2D eigenvalue weighted by Gasteiger charge is -2.34. The third-order valence-electron chi connectivity index (χ3n) is 9.45. The molecular weight excluding hydrogens is 543 g/mol. The first kappa shape index (κ1) is 25.4. The van der Waals surface area contributed by atoms with Crippen LogP contribution in [-0.4, -0.2) is 81.5 Å². The molecule has 2 N–H and O–H groups in total. The van der Waals surface area contributed by atoms with Gasteiger partial charge >= 0.3 is 6.01 Å². The normalized spacial score (nSPS) is 27.7. The highest BCUT2D eigenvalue weighted by Gasteiger charge is 2.49. The van der Waals surface area contributed by atoms with Gasteiger partial charge in [0.25, 0.3) is 0 Å². The van der Waals surface area contributed by atoms with Crippen LogP contribution in [0.4, 0.5) is 10.2 Å². The first-order valence-electron chi connectivity index (χ1n) is 14.6. The number of fused-ring (bicyclic) bond motifs is 5. The number of hydrogen-bond acceptors (Lipinski definition) is 8.